The Balaban J connectivity index is 2.09. The van der Waals surface area contributed by atoms with Crippen LogP contribution < -0.4 is 5.32 Å². The van der Waals surface area contributed by atoms with Gasteiger partial charge in [-0.2, -0.15) is 11.8 Å². The summed E-state index contributed by atoms with van der Waals surface area (Å²) in [5.41, 5.74) is 0. The van der Waals surface area contributed by atoms with Gasteiger partial charge in [0, 0.05) is 11.3 Å². The summed E-state index contributed by atoms with van der Waals surface area (Å²) in [7, 11) is 0. The molecule has 0 bridgehead atoms. The lowest BCUT2D eigenvalue weighted by atomic mass is 10.1. The fraction of sp³-hybridized carbons (Fsp3) is 1.00. The van der Waals surface area contributed by atoms with Crippen molar-refractivity contribution in [3.63, 3.8) is 0 Å². The molecule has 1 fully saturated rings. The average Bonchev–Trinajstić information content (AvgIpc) is 2.63. The molecule has 1 rings (SSSR count). The number of hydrogen-bond acceptors (Lipinski definition) is 2. The Labute approximate surface area is 93.4 Å². The van der Waals surface area contributed by atoms with Crippen molar-refractivity contribution in [3.8, 4) is 0 Å². The van der Waals surface area contributed by atoms with Crippen LogP contribution in [-0.2, 0) is 0 Å². The minimum atomic E-state index is 0.813. The highest BCUT2D eigenvalue weighted by atomic mass is 32.2. The standard InChI is InChI=1S/C12H25NS/c1-4-10(3)9-13-11-6-7-12(8-11)14-5-2/h10-13H,4-9H2,1-3H3. The summed E-state index contributed by atoms with van der Waals surface area (Å²) in [6, 6.07) is 0.813. The van der Waals surface area contributed by atoms with Gasteiger partial charge in [-0.25, -0.2) is 0 Å². The predicted molar refractivity (Wildman–Crippen MR) is 67.0 cm³/mol. The molecular weight excluding hydrogens is 190 g/mol. The largest absolute Gasteiger partial charge is 0.314 e. The first-order chi connectivity index (χ1) is 6.76. The van der Waals surface area contributed by atoms with Gasteiger partial charge in [-0.15, -0.1) is 0 Å². The minimum absolute atomic E-state index is 0.813. The van der Waals surface area contributed by atoms with E-state index < -0.39 is 0 Å². The molecule has 14 heavy (non-hydrogen) atoms. The quantitative estimate of drug-likeness (QED) is 0.729. The summed E-state index contributed by atoms with van der Waals surface area (Å²) in [5.74, 6) is 2.12. The molecule has 1 aliphatic rings. The van der Waals surface area contributed by atoms with E-state index in [0.717, 1.165) is 17.2 Å². The van der Waals surface area contributed by atoms with Gasteiger partial charge in [0.1, 0.15) is 0 Å². The van der Waals surface area contributed by atoms with Gasteiger partial charge in [-0.1, -0.05) is 27.2 Å². The Morgan fingerprint density at radius 1 is 1.36 bits per heavy atom. The molecule has 0 spiro atoms. The number of hydrogen-bond donors (Lipinski definition) is 1. The fourth-order valence-corrected chi connectivity index (χ4v) is 3.17. The van der Waals surface area contributed by atoms with Crippen LogP contribution in [0.3, 0.4) is 0 Å². The molecular formula is C12H25NS. The minimum Gasteiger partial charge on any atom is -0.314 e. The predicted octanol–water partition coefficient (Wildman–Crippen LogP) is 3.30. The van der Waals surface area contributed by atoms with Crippen LogP contribution in [0.1, 0.15) is 46.5 Å². The topological polar surface area (TPSA) is 12.0 Å². The molecule has 0 amide bonds. The summed E-state index contributed by atoms with van der Waals surface area (Å²) >= 11 is 2.14. The first kappa shape index (κ1) is 12.4. The second-order valence-corrected chi connectivity index (χ2v) is 6.09. The Bertz CT molecular complexity index is 149. The van der Waals surface area contributed by atoms with Crippen LogP contribution >= 0.6 is 11.8 Å². The highest BCUT2D eigenvalue weighted by Crippen LogP contribution is 2.29. The van der Waals surface area contributed by atoms with Crippen molar-refractivity contribution in [3.05, 3.63) is 0 Å². The molecule has 0 aliphatic heterocycles. The highest BCUT2D eigenvalue weighted by molar-refractivity contribution is 7.99. The van der Waals surface area contributed by atoms with Gasteiger partial charge in [-0.3, -0.25) is 0 Å². The Morgan fingerprint density at radius 2 is 2.14 bits per heavy atom. The fourth-order valence-electron chi connectivity index (χ4n) is 2.02. The van der Waals surface area contributed by atoms with E-state index >= 15 is 0 Å². The van der Waals surface area contributed by atoms with E-state index in [4.69, 9.17) is 0 Å². The number of rotatable bonds is 6. The molecule has 1 saturated carbocycles. The molecule has 1 N–H and O–H groups in total. The lowest BCUT2D eigenvalue weighted by Crippen LogP contribution is -2.30. The highest BCUT2D eigenvalue weighted by Gasteiger charge is 2.23. The normalized spacial score (nSPS) is 29.4. The molecule has 0 radical (unpaired) electrons. The maximum absolute atomic E-state index is 3.71. The van der Waals surface area contributed by atoms with Crippen LogP contribution in [-0.4, -0.2) is 23.6 Å². The van der Waals surface area contributed by atoms with E-state index in [1.54, 1.807) is 0 Å². The van der Waals surface area contributed by atoms with Gasteiger partial charge in [0.15, 0.2) is 0 Å². The van der Waals surface area contributed by atoms with Gasteiger partial charge in [0.2, 0.25) is 0 Å². The van der Waals surface area contributed by atoms with Crippen molar-refractivity contribution >= 4 is 11.8 Å². The second-order valence-electron chi connectivity index (χ2n) is 4.51. The van der Waals surface area contributed by atoms with Crippen LogP contribution in [0.5, 0.6) is 0 Å². The third-order valence-corrected chi connectivity index (χ3v) is 4.47. The summed E-state index contributed by atoms with van der Waals surface area (Å²) in [6.07, 6.45) is 5.52. The Hall–Kier alpha value is 0.310. The molecule has 3 atom stereocenters. The smallest absolute Gasteiger partial charge is 0.00781 e. The van der Waals surface area contributed by atoms with Crippen molar-refractivity contribution in [2.75, 3.05) is 12.3 Å². The molecule has 0 saturated heterocycles. The van der Waals surface area contributed by atoms with Gasteiger partial charge in [0.25, 0.3) is 0 Å². The van der Waals surface area contributed by atoms with Crippen LogP contribution in [0.25, 0.3) is 0 Å². The van der Waals surface area contributed by atoms with E-state index in [0.29, 0.717) is 0 Å². The van der Waals surface area contributed by atoms with E-state index in [1.165, 1.54) is 38.0 Å². The van der Waals surface area contributed by atoms with Crippen molar-refractivity contribution in [1.29, 1.82) is 0 Å². The molecule has 0 heterocycles. The first-order valence-corrected chi connectivity index (χ1v) is 7.16. The monoisotopic (exact) mass is 215 g/mol. The SMILES string of the molecule is CCSC1CCC(NCC(C)CC)C1. The maximum atomic E-state index is 3.71. The molecule has 0 aromatic carbocycles. The molecule has 1 aliphatic carbocycles. The van der Waals surface area contributed by atoms with E-state index in [2.05, 4.69) is 37.8 Å². The molecule has 0 aromatic heterocycles. The summed E-state index contributed by atoms with van der Waals surface area (Å²) in [4.78, 5) is 0. The van der Waals surface area contributed by atoms with Crippen LogP contribution in [0.4, 0.5) is 0 Å². The number of thioether (sulfide) groups is 1. The number of nitrogens with one attached hydrogen (secondary N) is 1. The molecule has 84 valence electrons. The zero-order valence-electron chi connectivity index (χ0n) is 9.88. The van der Waals surface area contributed by atoms with Crippen LogP contribution in [0.2, 0.25) is 0 Å². The molecule has 2 heteroatoms. The Morgan fingerprint density at radius 3 is 2.79 bits per heavy atom. The molecule has 0 aromatic rings. The maximum Gasteiger partial charge on any atom is 0.00781 e. The summed E-state index contributed by atoms with van der Waals surface area (Å²) in [5, 5.41) is 4.65. The van der Waals surface area contributed by atoms with Gasteiger partial charge in [-0.05, 0) is 37.5 Å². The van der Waals surface area contributed by atoms with E-state index in [1.807, 2.05) is 0 Å². The van der Waals surface area contributed by atoms with Crippen molar-refractivity contribution in [2.45, 2.75) is 57.7 Å². The zero-order valence-corrected chi connectivity index (χ0v) is 10.7. The molecule has 3 unspecified atom stereocenters. The second kappa shape index (κ2) is 6.73. The third kappa shape index (κ3) is 4.22. The average molecular weight is 215 g/mol. The van der Waals surface area contributed by atoms with Gasteiger partial charge < -0.3 is 5.32 Å². The van der Waals surface area contributed by atoms with Crippen molar-refractivity contribution in [2.24, 2.45) is 5.92 Å². The lowest BCUT2D eigenvalue weighted by molar-refractivity contribution is 0.442. The van der Waals surface area contributed by atoms with Crippen LogP contribution in [0.15, 0.2) is 0 Å². The van der Waals surface area contributed by atoms with E-state index in [9.17, 15) is 0 Å². The Kier molecular flexibility index (Phi) is 5.95. The summed E-state index contributed by atoms with van der Waals surface area (Å²) < 4.78 is 0. The van der Waals surface area contributed by atoms with E-state index in [-0.39, 0.29) is 0 Å². The van der Waals surface area contributed by atoms with Gasteiger partial charge in [0.05, 0.1) is 0 Å². The first-order valence-electron chi connectivity index (χ1n) is 6.11. The lowest BCUT2D eigenvalue weighted by Gasteiger charge is -2.16. The third-order valence-electron chi connectivity index (χ3n) is 3.24. The van der Waals surface area contributed by atoms with Crippen LogP contribution in [0, 0.1) is 5.92 Å². The van der Waals surface area contributed by atoms with Crippen molar-refractivity contribution in [1.82, 2.24) is 5.32 Å². The zero-order chi connectivity index (χ0) is 10.4. The van der Waals surface area contributed by atoms with Gasteiger partial charge >= 0.3 is 0 Å². The summed E-state index contributed by atoms with van der Waals surface area (Å²) in [6.45, 7) is 8.09. The van der Waals surface area contributed by atoms with Crippen molar-refractivity contribution < 1.29 is 0 Å². The molecule has 1 nitrogen and oxygen atoms in total.